The molecule has 0 atom stereocenters. The number of halogens is 1. The van der Waals surface area contributed by atoms with E-state index in [1.54, 1.807) is 0 Å². The van der Waals surface area contributed by atoms with Crippen LogP contribution in [0.3, 0.4) is 0 Å². The SMILES string of the molecule is C=C(Cl)c1cc2ccccc2c2c1ccc1ccccc12. The molecule has 0 radical (unpaired) electrons. The monoisotopic (exact) mass is 288 g/mol. The van der Waals surface area contributed by atoms with Crippen LogP contribution in [0.5, 0.6) is 0 Å². The Balaban J connectivity index is 2.37. The molecule has 0 spiro atoms. The summed E-state index contributed by atoms with van der Waals surface area (Å²) in [4.78, 5) is 0. The van der Waals surface area contributed by atoms with Gasteiger partial charge < -0.3 is 0 Å². The van der Waals surface area contributed by atoms with Crippen LogP contribution in [0.1, 0.15) is 5.56 Å². The molecular formula is C20H13Cl. The minimum absolute atomic E-state index is 0.584. The zero-order chi connectivity index (χ0) is 14.4. The fraction of sp³-hybridized carbons (Fsp3) is 0. The Morgan fingerprint density at radius 2 is 1.33 bits per heavy atom. The second-order valence-electron chi connectivity index (χ2n) is 5.26. The van der Waals surface area contributed by atoms with Crippen molar-refractivity contribution in [3.8, 4) is 0 Å². The third kappa shape index (κ3) is 1.84. The normalized spacial score (nSPS) is 11.3. The van der Waals surface area contributed by atoms with Crippen molar-refractivity contribution in [2.45, 2.75) is 0 Å². The van der Waals surface area contributed by atoms with Crippen molar-refractivity contribution < 1.29 is 0 Å². The molecule has 0 nitrogen and oxygen atoms in total. The number of rotatable bonds is 1. The van der Waals surface area contributed by atoms with Gasteiger partial charge in [-0.1, -0.05) is 78.8 Å². The summed E-state index contributed by atoms with van der Waals surface area (Å²) < 4.78 is 0. The predicted octanol–water partition coefficient (Wildman–Crippen LogP) is 6.36. The lowest BCUT2D eigenvalue weighted by molar-refractivity contribution is 1.75. The first kappa shape index (κ1) is 12.4. The molecule has 4 aromatic carbocycles. The summed E-state index contributed by atoms with van der Waals surface area (Å²) in [7, 11) is 0. The molecular weight excluding hydrogens is 276 g/mol. The lowest BCUT2D eigenvalue weighted by atomic mass is 9.93. The molecule has 4 rings (SSSR count). The Hall–Kier alpha value is -2.31. The molecule has 0 saturated carbocycles. The van der Waals surface area contributed by atoms with Gasteiger partial charge in [-0.25, -0.2) is 0 Å². The number of hydrogen-bond donors (Lipinski definition) is 0. The van der Waals surface area contributed by atoms with Crippen molar-refractivity contribution in [2.24, 2.45) is 0 Å². The average Bonchev–Trinajstić information content (AvgIpc) is 2.53. The maximum absolute atomic E-state index is 6.24. The molecule has 1 heteroatoms. The van der Waals surface area contributed by atoms with Crippen LogP contribution in [-0.2, 0) is 0 Å². The van der Waals surface area contributed by atoms with E-state index in [9.17, 15) is 0 Å². The highest BCUT2D eigenvalue weighted by molar-refractivity contribution is 6.50. The Morgan fingerprint density at radius 1 is 0.714 bits per heavy atom. The van der Waals surface area contributed by atoms with Crippen molar-refractivity contribution in [3.63, 3.8) is 0 Å². The van der Waals surface area contributed by atoms with Crippen molar-refractivity contribution in [1.29, 1.82) is 0 Å². The molecule has 0 aliphatic heterocycles. The maximum Gasteiger partial charge on any atom is 0.0413 e. The Bertz CT molecular complexity index is 996. The largest absolute Gasteiger partial charge is 0.0843 e. The van der Waals surface area contributed by atoms with Crippen molar-refractivity contribution in [3.05, 3.63) is 78.9 Å². The first-order valence-electron chi connectivity index (χ1n) is 6.94. The summed E-state index contributed by atoms with van der Waals surface area (Å²) in [6, 6.07) is 23.3. The van der Waals surface area contributed by atoms with Crippen molar-refractivity contribution >= 4 is 49.0 Å². The van der Waals surface area contributed by atoms with Gasteiger partial charge in [0.25, 0.3) is 0 Å². The van der Waals surface area contributed by atoms with Gasteiger partial charge in [0.1, 0.15) is 0 Å². The molecule has 4 aromatic rings. The van der Waals surface area contributed by atoms with Gasteiger partial charge in [-0.3, -0.25) is 0 Å². The van der Waals surface area contributed by atoms with E-state index in [1.807, 2.05) is 0 Å². The summed E-state index contributed by atoms with van der Waals surface area (Å²) in [5.74, 6) is 0. The van der Waals surface area contributed by atoms with Crippen LogP contribution < -0.4 is 0 Å². The third-order valence-corrected chi connectivity index (χ3v) is 4.25. The highest BCUT2D eigenvalue weighted by atomic mass is 35.5. The van der Waals surface area contributed by atoms with E-state index < -0.39 is 0 Å². The maximum atomic E-state index is 6.24. The molecule has 0 heterocycles. The van der Waals surface area contributed by atoms with Gasteiger partial charge in [0, 0.05) is 10.6 Å². The highest BCUT2D eigenvalue weighted by Crippen LogP contribution is 2.37. The number of fused-ring (bicyclic) bond motifs is 5. The van der Waals surface area contributed by atoms with Gasteiger partial charge in [-0.15, -0.1) is 0 Å². The molecule has 100 valence electrons. The number of hydrogen-bond acceptors (Lipinski definition) is 0. The zero-order valence-electron chi connectivity index (χ0n) is 11.4. The van der Waals surface area contributed by atoms with Crippen molar-refractivity contribution in [2.75, 3.05) is 0 Å². The van der Waals surface area contributed by atoms with E-state index in [4.69, 9.17) is 11.6 Å². The molecule has 0 aromatic heterocycles. The topological polar surface area (TPSA) is 0 Å². The van der Waals surface area contributed by atoms with Crippen molar-refractivity contribution in [1.82, 2.24) is 0 Å². The summed E-state index contributed by atoms with van der Waals surface area (Å²) in [6.45, 7) is 3.93. The molecule has 0 aliphatic carbocycles. The first-order valence-corrected chi connectivity index (χ1v) is 7.31. The van der Waals surface area contributed by atoms with Gasteiger partial charge in [0.05, 0.1) is 0 Å². The molecule has 0 N–H and O–H groups in total. The van der Waals surface area contributed by atoms with Crippen LogP contribution in [-0.4, -0.2) is 0 Å². The zero-order valence-corrected chi connectivity index (χ0v) is 12.2. The van der Waals surface area contributed by atoms with Crippen LogP contribution >= 0.6 is 11.6 Å². The lowest BCUT2D eigenvalue weighted by Crippen LogP contribution is -1.86. The fourth-order valence-corrected chi connectivity index (χ4v) is 3.25. The van der Waals surface area contributed by atoms with E-state index in [-0.39, 0.29) is 0 Å². The van der Waals surface area contributed by atoms with E-state index in [1.165, 1.54) is 26.9 Å². The van der Waals surface area contributed by atoms with Crippen LogP contribution in [0, 0.1) is 0 Å². The second-order valence-corrected chi connectivity index (χ2v) is 5.72. The predicted molar refractivity (Wildman–Crippen MR) is 93.8 cm³/mol. The van der Waals surface area contributed by atoms with Crippen LogP contribution in [0.2, 0.25) is 0 Å². The minimum atomic E-state index is 0.584. The molecule has 0 bridgehead atoms. The molecule has 0 saturated heterocycles. The lowest BCUT2D eigenvalue weighted by Gasteiger charge is -2.12. The molecule has 21 heavy (non-hydrogen) atoms. The van der Waals surface area contributed by atoms with Gasteiger partial charge >= 0.3 is 0 Å². The fourth-order valence-electron chi connectivity index (χ4n) is 3.09. The number of benzene rings is 4. The van der Waals surface area contributed by atoms with Gasteiger partial charge in [-0.2, -0.15) is 0 Å². The van der Waals surface area contributed by atoms with Gasteiger partial charge in [0.2, 0.25) is 0 Å². The molecule has 0 amide bonds. The summed E-state index contributed by atoms with van der Waals surface area (Å²) in [6.07, 6.45) is 0. The van der Waals surface area contributed by atoms with Crippen LogP contribution in [0.15, 0.2) is 73.3 Å². The minimum Gasteiger partial charge on any atom is -0.0843 e. The highest BCUT2D eigenvalue weighted by Gasteiger charge is 2.10. The summed E-state index contributed by atoms with van der Waals surface area (Å²) in [5, 5.41) is 7.94. The molecule has 0 fully saturated rings. The van der Waals surface area contributed by atoms with E-state index in [0.717, 1.165) is 10.9 Å². The Kier molecular flexibility index (Phi) is 2.73. The Labute approximate surface area is 128 Å². The van der Waals surface area contributed by atoms with Gasteiger partial charge in [-0.05, 0) is 38.4 Å². The van der Waals surface area contributed by atoms with E-state index >= 15 is 0 Å². The third-order valence-electron chi connectivity index (χ3n) is 4.04. The van der Waals surface area contributed by atoms with E-state index in [0.29, 0.717) is 5.03 Å². The summed E-state index contributed by atoms with van der Waals surface area (Å²) in [5.41, 5.74) is 1.01. The molecule has 0 aliphatic rings. The van der Waals surface area contributed by atoms with Crippen LogP contribution in [0.25, 0.3) is 37.3 Å². The summed E-state index contributed by atoms with van der Waals surface area (Å²) >= 11 is 6.24. The quantitative estimate of drug-likeness (QED) is 0.358. The average molecular weight is 289 g/mol. The van der Waals surface area contributed by atoms with Gasteiger partial charge in [0.15, 0.2) is 0 Å². The Morgan fingerprint density at radius 3 is 2.05 bits per heavy atom. The van der Waals surface area contributed by atoms with Crippen LogP contribution in [0.4, 0.5) is 0 Å². The smallest absolute Gasteiger partial charge is 0.0413 e. The standard InChI is InChI=1S/C20H13Cl/c1-13(21)19-12-15-7-3-5-9-17(15)20-16-8-4-2-6-14(16)10-11-18(19)20/h2-12H,1H2. The second kappa shape index (κ2) is 4.61. The molecule has 0 unspecified atom stereocenters. The first-order chi connectivity index (χ1) is 10.3. The van der Waals surface area contributed by atoms with E-state index in [2.05, 4.69) is 73.3 Å².